The van der Waals surface area contributed by atoms with Gasteiger partial charge in [-0.1, -0.05) is 13.0 Å². The molecule has 0 fully saturated rings. The zero-order valence-electron chi connectivity index (χ0n) is 8.75. The van der Waals surface area contributed by atoms with Crippen LogP contribution in [0.2, 0.25) is 0 Å². The van der Waals surface area contributed by atoms with Crippen LogP contribution in [0.3, 0.4) is 0 Å². The summed E-state index contributed by atoms with van der Waals surface area (Å²) in [5, 5.41) is 0. The molecule has 0 aliphatic carbocycles. The molecule has 1 aromatic rings. The Morgan fingerprint density at radius 3 is 2.79 bits per heavy atom. The molecule has 14 heavy (non-hydrogen) atoms. The third-order valence-electron chi connectivity index (χ3n) is 1.85. The van der Waals surface area contributed by atoms with E-state index in [9.17, 15) is 0 Å². The van der Waals surface area contributed by atoms with Crippen molar-refractivity contribution in [3.63, 3.8) is 0 Å². The van der Waals surface area contributed by atoms with Crippen molar-refractivity contribution in [1.29, 1.82) is 0 Å². The Morgan fingerprint density at radius 1 is 1.36 bits per heavy atom. The number of hydrogen-bond donors (Lipinski definition) is 1. The number of nitrogens with two attached hydrogens (primary N) is 1. The molecule has 3 nitrogen and oxygen atoms in total. The summed E-state index contributed by atoms with van der Waals surface area (Å²) < 4.78 is 10.6. The summed E-state index contributed by atoms with van der Waals surface area (Å²) >= 11 is 0. The summed E-state index contributed by atoms with van der Waals surface area (Å²) in [5.41, 5.74) is 7.43. The molecular formula is C11H17NO2. The Labute approximate surface area is 84.8 Å². The Hall–Kier alpha value is -1.22. The molecule has 0 aliphatic heterocycles. The zero-order chi connectivity index (χ0) is 10.4. The normalized spacial score (nSPS) is 10.1. The SMILES string of the molecule is CCCOc1cc(N)ccc1COC. The minimum Gasteiger partial charge on any atom is -0.493 e. The fourth-order valence-corrected chi connectivity index (χ4v) is 1.19. The maximum Gasteiger partial charge on any atom is 0.126 e. The number of rotatable bonds is 5. The van der Waals surface area contributed by atoms with Crippen molar-refractivity contribution in [3.8, 4) is 5.75 Å². The molecule has 0 amide bonds. The quantitative estimate of drug-likeness (QED) is 0.732. The van der Waals surface area contributed by atoms with E-state index in [4.69, 9.17) is 15.2 Å². The summed E-state index contributed by atoms with van der Waals surface area (Å²) in [6.45, 7) is 3.34. The Kier molecular flexibility index (Phi) is 4.26. The molecule has 0 unspecified atom stereocenters. The van der Waals surface area contributed by atoms with Crippen molar-refractivity contribution in [1.82, 2.24) is 0 Å². The van der Waals surface area contributed by atoms with Crippen LogP contribution >= 0.6 is 0 Å². The maximum atomic E-state index is 5.67. The molecule has 0 saturated heterocycles. The molecule has 1 aromatic carbocycles. The van der Waals surface area contributed by atoms with E-state index in [2.05, 4.69) is 6.92 Å². The monoisotopic (exact) mass is 195 g/mol. The van der Waals surface area contributed by atoms with Gasteiger partial charge in [0.1, 0.15) is 5.75 Å². The molecule has 78 valence electrons. The van der Waals surface area contributed by atoms with Gasteiger partial charge in [0.2, 0.25) is 0 Å². The predicted molar refractivity (Wildman–Crippen MR) is 57.4 cm³/mol. The standard InChI is InChI=1S/C11H17NO2/c1-3-6-14-11-7-10(12)5-4-9(11)8-13-2/h4-5,7H,3,6,8,12H2,1-2H3. The van der Waals surface area contributed by atoms with Gasteiger partial charge in [-0.05, 0) is 12.5 Å². The first-order valence-corrected chi connectivity index (χ1v) is 4.78. The van der Waals surface area contributed by atoms with Gasteiger partial charge in [0.05, 0.1) is 13.2 Å². The van der Waals surface area contributed by atoms with Crippen molar-refractivity contribution in [2.45, 2.75) is 20.0 Å². The second-order valence-corrected chi connectivity index (χ2v) is 3.15. The first-order valence-electron chi connectivity index (χ1n) is 4.78. The van der Waals surface area contributed by atoms with Gasteiger partial charge in [-0.2, -0.15) is 0 Å². The molecule has 0 atom stereocenters. The molecule has 0 saturated carbocycles. The number of methoxy groups -OCH3 is 1. The molecule has 0 radical (unpaired) electrons. The number of hydrogen-bond acceptors (Lipinski definition) is 3. The molecule has 0 spiro atoms. The van der Waals surface area contributed by atoms with Crippen LogP contribution in [0.25, 0.3) is 0 Å². The minimum absolute atomic E-state index is 0.555. The highest BCUT2D eigenvalue weighted by atomic mass is 16.5. The van der Waals surface area contributed by atoms with Crippen LogP contribution < -0.4 is 10.5 Å². The lowest BCUT2D eigenvalue weighted by atomic mass is 10.2. The van der Waals surface area contributed by atoms with Crippen LogP contribution in [0.4, 0.5) is 5.69 Å². The Morgan fingerprint density at radius 2 is 2.14 bits per heavy atom. The van der Waals surface area contributed by atoms with Crippen molar-refractivity contribution in [2.75, 3.05) is 19.5 Å². The fourth-order valence-electron chi connectivity index (χ4n) is 1.19. The minimum atomic E-state index is 0.555. The highest BCUT2D eigenvalue weighted by molar-refractivity contribution is 5.48. The van der Waals surface area contributed by atoms with Crippen LogP contribution in [0.15, 0.2) is 18.2 Å². The Balaban J connectivity index is 2.79. The van der Waals surface area contributed by atoms with Crippen molar-refractivity contribution in [2.24, 2.45) is 0 Å². The first-order chi connectivity index (χ1) is 6.77. The second-order valence-electron chi connectivity index (χ2n) is 3.15. The molecule has 0 bridgehead atoms. The van der Waals surface area contributed by atoms with Gasteiger partial charge >= 0.3 is 0 Å². The number of benzene rings is 1. The average molecular weight is 195 g/mol. The van der Waals surface area contributed by atoms with E-state index in [1.807, 2.05) is 18.2 Å². The first kappa shape index (κ1) is 10.9. The lowest BCUT2D eigenvalue weighted by Crippen LogP contribution is -2.00. The third kappa shape index (κ3) is 2.92. The van der Waals surface area contributed by atoms with E-state index in [-0.39, 0.29) is 0 Å². The molecule has 0 aliphatic rings. The van der Waals surface area contributed by atoms with E-state index >= 15 is 0 Å². The van der Waals surface area contributed by atoms with E-state index in [0.29, 0.717) is 13.2 Å². The molecule has 1 rings (SSSR count). The van der Waals surface area contributed by atoms with Crippen LogP contribution in [0.1, 0.15) is 18.9 Å². The van der Waals surface area contributed by atoms with Crippen molar-refractivity contribution in [3.05, 3.63) is 23.8 Å². The molecule has 0 heterocycles. The largest absolute Gasteiger partial charge is 0.493 e. The lowest BCUT2D eigenvalue weighted by Gasteiger charge is -2.10. The predicted octanol–water partition coefficient (Wildman–Crippen LogP) is 2.20. The number of ether oxygens (including phenoxy) is 2. The van der Waals surface area contributed by atoms with Crippen LogP contribution in [0, 0.1) is 0 Å². The molecule has 3 heteroatoms. The smallest absolute Gasteiger partial charge is 0.126 e. The van der Waals surface area contributed by atoms with Crippen molar-refractivity contribution < 1.29 is 9.47 Å². The van der Waals surface area contributed by atoms with Gasteiger partial charge < -0.3 is 15.2 Å². The van der Waals surface area contributed by atoms with Gasteiger partial charge in [-0.25, -0.2) is 0 Å². The van der Waals surface area contributed by atoms with Gasteiger partial charge in [0.25, 0.3) is 0 Å². The van der Waals surface area contributed by atoms with Crippen LogP contribution in [0.5, 0.6) is 5.75 Å². The van der Waals surface area contributed by atoms with Crippen molar-refractivity contribution >= 4 is 5.69 Å². The summed E-state index contributed by atoms with van der Waals surface area (Å²) in [5.74, 6) is 0.828. The van der Waals surface area contributed by atoms with E-state index < -0.39 is 0 Å². The average Bonchev–Trinajstić information content (AvgIpc) is 2.18. The number of anilines is 1. The van der Waals surface area contributed by atoms with E-state index in [0.717, 1.165) is 23.4 Å². The maximum absolute atomic E-state index is 5.67. The zero-order valence-corrected chi connectivity index (χ0v) is 8.75. The van der Waals surface area contributed by atoms with Gasteiger partial charge in [0.15, 0.2) is 0 Å². The Bertz CT molecular complexity index is 287. The summed E-state index contributed by atoms with van der Waals surface area (Å²) in [6, 6.07) is 5.63. The van der Waals surface area contributed by atoms with Crippen LogP contribution in [-0.2, 0) is 11.3 Å². The summed E-state index contributed by atoms with van der Waals surface area (Å²) in [4.78, 5) is 0. The topological polar surface area (TPSA) is 44.5 Å². The molecule has 0 aromatic heterocycles. The van der Waals surface area contributed by atoms with Gasteiger partial charge in [0, 0.05) is 24.4 Å². The second kappa shape index (κ2) is 5.50. The van der Waals surface area contributed by atoms with Gasteiger partial charge in [-0.3, -0.25) is 0 Å². The van der Waals surface area contributed by atoms with Gasteiger partial charge in [-0.15, -0.1) is 0 Å². The molecular weight excluding hydrogens is 178 g/mol. The summed E-state index contributed by atoms with van der Waals surface area (Å²) in [6.07, 6.45) is 0.987. The third-order valence-corrected chi connectivity index (χ3v) is 1.85. The number of nitrogen functional groups attached to an aromatic ring is 1. The summed E-state index contributed by atoms with van der Waals surface area (Å²) in [7, 11) is 1.67. The fraction of sp³-hybridized carbons (Fsp3) is 0.455. The van der Waals surface area contributed by atoms with E-state index in [1.165, 1.54) is 0 Å². The highest BCUT2D eigenvalue weighted by Gasteiger charge is 2.03. The van der Waals surface area contributed by atoms with E-state index in [1.54, 1.807) is 7.11 Å². The lowest BCUT2D eigenvalue weighted by molar-refractivity contribution is 0.180. The highest BCUT2D eigenvalue weighted by Crippen LogP contribution is 2.22. The van der Waals surface area contributed by atoms with Crippen LogP contribution in [-0.4, -0.2) is 13.7 Å². The molecule has 2 N–H and O–H groups in total.